The van der Waals surface area contributed by atoms with E-state index in [1.54, 1.807) is 6.33 Å². The second kappa shape index (κ2) is 8.38. The number of imidazole rings is 1. The van der Waals surface area contributed by atoms with Gasteiger partial charge >= 0.3 is 0 Å². The standard InChI is InChI=1S/C18H19N7S/c1-3-7-19-10-13-5-6-15-14(8-13)23-12-25(15)17-9-16(21-11-22-17)24-18(26)20-4-2/h1,5-6,8-9,11-12,19H,4,7,10H2,2H3,(H2,20,21,22,24,26). The number of nitrogens with zero attached hydrogens (tertiary/aromatic N) is 4. The molecule has 0 saturated carbocycles. The first-order valence-corrected chi connectivity index (χ1v) is 8.59. The summed E-state index contributed by atoms with van der Waals surface area (Å²) in [5.74, 6) is 3.90. The summed E-state index contributed by atoms with van der Waals surface area (Å²) < 4.78 is 1.91. The molecule has 2 aromatic heterocycles. The van der Waals surface area contributed by atoms with Crippen LogP contribution >= 0.6 is 12.2 Å². The number of benzene rings is 1. The molecule has 0 amide bonds. The highest BCUT2D eigenvalue weighted by Gasteiger charge is 2.08. The third-order valence-corrected chi connectivity index (χ3v) is 3.89. The van der Waals surface area contributed by atoms with E-state index in [-0.39, 0.29) is 0 Å². The van der Waals surface area contributed by atoms with E-state index in [0.29, 0.717) is 29.8 Å². The van der Waals surface area contributed by atoms with Gasteiger partial charge in [0.25, 0.3) is 0 Å². The zero-order valence-corrected chi connectivity index (χ0v) is 15.2. The summed E-state index contributed by atoms with van der Waals surface area (Å²) >= 11 is 5.19. The minimum atomic E-state index is 0.525. The monoisotopic (exact) mass is 365 g/mol. The molecule has 0 bridgehead atoms. The lowest BCUT2D eigenvalue weighted by Crippen LogP contribution is -2.28. The van der Waals surface area contributed by atoms with Crippen molar-refractivity contribution in [1.82, 2.24) is 30.2 Å². The lowest BCUT2D eigenvalue weighted by Gasteiger charge is -2.09. The Bertz CT molecular complexity index is 958. The van der Waals surface area contributed by atoms with E-state index in [1.807, 2.05) is 35.8 Å². The molecule has 3 aromatic rings. The van der Waals surface area contributed by atoms with Crippen molar-refractivity contribution in [2.24, 2.45) is 0 Å². The average Bonchev–Trinajstić information content (AvgIpc) is 3.05. The number of fused-ring (bicyclic) bond motifs is 1. The topological polar surface area (TPSA) is 79.7 Å². The van der Waals surface area contributed by atoms with Crippen molar-refractivity contribution in [2.75, 3.05) is 18.4 Å². The number of thiocarbonyl (C=S) groups is 1. The third-order valence-electron chi connectivity index (χ3n) is 3.65. The van der Waals surface area contributed by atoms with Crippen molar-refractivity contribution in [3.05, 3.63) is 42.5 Å². The number of nitrogens with one attached hydrogen (secondary N) is 3. The molecule has 0 saturated heterocycles. The molecule has 0 atom stereocenters. The van der Waals surface area contributed by atoms with Gasteiger partial charge in [-0.2, -0.15) is 0 Å². The summed E-state index contributed by atoms with van der Waals surface area (Å²) in [5.41, 5.74) is 2.98. The van der Waals surface area contributed by atoms with E-state index in [1.165, 1.54) is 6.33 Å². The van der Waals surface area contributed by atoms with Crippen LogP contribution in [-0.2, 0) is 6.54 Å². The van der Waals surface area contributed by atoms with Crippen LogP contribution in [0, 0.1) is 12.3 Å². The van der Waals surface area contributed by atoms with Gasteiger partial charge in [0.1, 0.15) is 24.3 Å². The van der Waals surface area contributed by atoms with Crippen molar-refractivity contribution < 1.29 is 0 Å². The van der Waals surface area contributed by atoms with Crippen molar-refractivity contribution in [1.29, 1.82) is 0 Å². The van der Waals surface area contributed by atoms with Crippen molar-refractivity contribution in [3.8, 4) is 18.2 Å². The van der Waals surface area contributed by atoms with Crippen LogP contribution in [0.15, 0.2) is 36.9 Å². The molecule has 0 fully saturated rings. The van der Waals surface area contributed by atoms with E-state index >= 15 is 0 Å². The first kappa shape index (κ1) is 17.8. The van der Waals surface area contributed by atoms with Crippen LogP contribution in [0.4, 0.5) is 5.82 Å². The Hall–Kier alpha value is -3.02. The predicted molar refractivity (Wildman–Crippen MR) is 107 cm³/mol. The maximum atomic E-state index is 5.25. The van der Waals surface area contributed by atoms with Crippen LogP contribution in [0.1, 0.15) is 12.5 Å². The smallest absolute Gasteiger partial charge is 0.171 e. The van der Waals surface area contributed by atoms with Gasteiger partial charge in [0.05, 0.1) is 17.6 Å². The van der Waals surface area contributed by atoms with Gasteiger partial charge in [0, 0.05) is 19.2 Å². The normalized spacial score (nSPS) is 10.5. The number of anilines is 1. The van der Waals surface area contributed by atoms with Crippen molar-refractivity contribution >= 4 is 34.2 Å². The van der Waals surface area contributed by atoms with E-state index in [2.05, 4.69) is 36.8 Å². The van der Waals surface area contributed by atoms with Gasteiger partial charge in [-0.25, -0.2) is 15.0 Å². The molecule has 3 N–H and O–H groups in total. The first-order valence-electron chi connectivity index (χ1n) is 8.18. The summed E-state index contributed by atoms with van der Waals surface area (Å²) in [7, 11) is 0. The molecular weight excluding hydrogens is 346 g/mol. The van der Waals surface area contributed by atoms with Gasteiger partial charge in [-0.05, 0) is 36.8 Å². The largest absolute Gasteiger partial charge is 0.363 e. The molecule has 0 aliphatic carbocycles. The molecule has 7 nitrogen and oxygen atoms in total. The Labute approximate surface area is 157 Å². The first-order chi connectivity index (χ1) is 12.7. The number of hydrogen-bond acceptors (Lipinski definition) is 5. The summed E-state index contributed by atoms with van der Waals surface area (Å²) in [5, 5.41) is 9.77. The molecule has 26 heavy (non-hydrogen) atoms. The summed E-state index contributed by atoms with van der Waals surface area (Å²) in [6, 6.07) is 7.93. The lowest BCUT2D eigenvalue weighted by atomic mass is 10.2. The molecule has 0 aliphatic heterocycles. The Morgan fingerprint density at radius 1 is 1.27 bits per heavy atom. The highest BCUT2D eigenvalue weighted by molar-refractivity contribution is 7.80. The average molecular weight is 365 g/mol. The van der Waals surface area contributed by atoms with Gasteiger partial charge in [0.2, 0.25) is 0 Å². The summed E-state index contributed by atoms with van der Waals surface area (Å²) in [6.07, 6.45) is 8.50. The van der Waals surface area contributed by atoms with Crippen molar-refractivity contribution in [2.45, 2.75) is 13.5 Å². The third kappa shape index (κ3) is 4.14. The highest BCUT2D eigenvalue weighted by atomic mass is 32.1. The molecule has 0 radical (unpaired) electrons. The summed E-state index contributed by atoms with van der Waals surface area (Å²) in [6.45, 7) is 3.97. The molecule has 132 valence electrons. The lowest BCUT2D eigenvalue weighted by molar-refractivity contribution is 0.771. The highest BCUT2D eigenvalue weighted by Crippen LogP contribution is 2.19. The van der Waals surface area contributed by atoms with E-state index in [0.717, 1.165) is 23.1 Å². The van der Waals surface area contributed by atoms with Gasteiger partial charge in [-0.3, -0.25) is 4.57 Å². The Balaban J connectivity index is 1.84. The van der Waals surface area contributed by atoms with Crippen molar-refractivity contribution in [3.63, 3.8) is 0 Å². The molecule has 0 unspecified atom stereocenters. The molecular formula is C18H19N7S. The van der Waals surface area contributed by atoms with Gasteiger partial charge in [0.15, 0.2) is 5.11 Å². The van der Waals surface area contributed by atoms with Crippen LogP contribution in [-0.4, -0.2) is 37.7 Å². The number of aromatic nitrogens is 4. The van der Waals surface area contributed by atoms with Crippen LogP contribution in [0.3, 0.4) is 0 Å². The molecule has 2 heterocycles. The van der Waals surface area contributed by atoms with Gasteiger partial charge in [-0.1, -0.05) is 12.0 Å². The zero-order chi connectivity index (χ0) is 18.4. The van der Waals surface area contributed by atoms with Crippen LogP contribution in [0.5, 0.6) is 0 Å². The summed E-state index contributed by atoms with van der Waals surface area (Å²) in [4.78, 5) is 13.0. The maximum Gasteiger partial charge on any atom is 0.171 e. The Kier molecular flexibility index (Phi) is 5.73. The van der Waals surface area contributed by atoms with E-state index < -0.39 is 0 Å². The minimum absolute atomic E-state index is 0.525. The quantitative estimate of drug-likeness (QED) is 0.349. The SMILES string of the molecule is C#CCNCc1ccc2c(c1)ncn2-c1cc(NC(=S)NCC)ncn1. The zero-order valence-electron chi connectivity index (χ0n) is 14.4. The molecule has 8 heteroatoms. The maximum absolute atomic E-state index is 5.25. The van der Waals surface area contributed by atoms with E-state index in [9.17, 15) is 0 Å². The van der Waals surface area contributed by atoms with E-state index in [4.69, 9.17) is 18.6 Å². The fourth-order valence-corrected chi connectivity index (χ4v) is 2.75. The molecule has 0 aliphatic rings. The molecule has 0 spiro atoms. The minimum Gasteiger partial charge on any atom is -0.363 e. The molecule has 3 rings (SSSR count). The fourth-order valence-electron chi connectivity index (χ4n) is 2.50. The van der Waals surface area contributed by atoms with Crippen LogP contribution < -0.4 is 16.0 Å². The Morgan fingerprint density at radius 3 is 2.96 bits per heavy atom. The fraction of sp³-hybridized carbons (Fsp3) is 0.222. The number of hydrogen-bond donors (Lipinski definition) is 3. The van der Waals surface area contributed by atoms with Crippen LogP contribution in [0.25, 0.3) is 16.9 Å². The second-order valence-electron chi connectivity index (χ2n) is 5.49. The predicted octanol–water partition coefficient (Wildman–Crippen LogP) is 1.84. The molecule has 1 aromatic carbocycles. The van der Waals surface area contributed by atoms with Crippen LogP contribution in [0.2, 0.25) is 0 Å². The second-order valence-corrected chi connectivity index (χ2v) is 5.90. The number of terminal acetylenes is 1. The van der Waals surface area contributed by atoms with Gasteiger partial charge < -0.3 is 16.0 Å². The Morgan fingerprint density at radius 2 is 2.15 bits per heavy atom. The number of rotatable bonds is 6. The van der Waals surface area contributed by atoms with Gasteiger partial charge in [-0.15, -0.1) is 6.42 Å².